The molecular weight excluding hydrogens is 361 g/mol. The van der Waals surface area contributed by atoms with Crippen molar-refractivity contribution in [1.29, 1.82) is 0 Å². The highest BCUT2D eigenvalue weighted by Gasteiger charge is 2.34. The van der Waals surface area contributed by atoms with E-state index < -0.39 is 29.8 Å². The quantitative estimate of drug-likeness (QED) is 0.741. The van der Waals surface area contributed by atoms with Crippen LogP contribution in [-0.4, -0.2) is 20.0 Å². The maximum atomic E-state index is 12.8. The van der Waals surface area contributed by atoms with Crippen molar-refractivity contribution in [1.82, 2.24) is 14.1 Å². The molecule has 0 aliphatic rings. The normalized spacial score (nSPS) is 11.7. The van der Waals surface area contributed by atoms with Gasteiger partial charge in [-0.05, 0) is 30.7 Å². The van der Waals surface area contributed by atoms with E-state index in [1.165, 1.54) is 0 Å². The van der Waals surface area contributed by atoms with Crippen LogP contribution in [-0.2, 0) is 24.1 Å². The van der Waals surface area contributed by atoms with Gasteiger partial charge in [0.2, 0.25) is 11.9 Å². The summed E-state index contributed by atoms with van der Waals surface area (Å²) in [6, 6.07) is 9.12. The number of pyridine rings is 1. The summed E-state index contributed by atoms with van der Waals surface area (Å²) in [4.78, 5) is 28.6. The van der Waals surface area contributed by atoms with Crippen molar-refractivity contribution in [3.8, 4) is 0 Å². The number of rotatable bonds is 5. The third-order valence-electron chi connectivity index (χ3n) is 3.99. The molecule has 6 nitrogen and oxygen atoms in total. The number of aryl methyl sites for hydroxylation is 1. The van der Waals surface area contributed by atoms with Crippen LogP contribution in [0.3, 0.4) is 0 Å². The zero-order chi connectivity index (χ0) is 19.6. The first-order chi connectivity index (χ1) is 12.8. The number of hydrogen-bond donors (Lipinski definition) is 1. The Labute approximate surface area is 152 Å². The van der Waals surface area contributed by atoms with Gasteiger partial charge in [-0.3, -0.25) is 14.9 Å². The largest absolute Gasteiger partial charge is 0.421 e. The number of benzene rings is 1. The average molecular weight is 378 g/mol. The number of carbonyl (C=O) groups excluding carboxylic acids is 1. The van der Waals surface area contributed by atoms with Crippen LogP contribution in [0, 0.1) is 0 Å². The molecule has 1 N–H and O–H groups in total. The lowest BCUT2D eigenvalue weighted by molar-refractivity contribution is -0.139. The molecular formula is C18H17F3N4O2. The second kappa shape index (κ2) is 7.26. The highest BCUT2D eigenvalue weighted by molar-refractivity contribution is 5.91. The first-order valence-electron chi connectivity index (χ1n) is 8.33. The Hall–Kier alpha value is -3.10. The van der Waals surface area contributed by atoms with Crippen LogP contribution in [0.15, 0.2) is 47.4 Å². The van der Waals surface area contributed by atoms with Crippen LogP contribution in [0.4, 0.5) is 19.1 Å². The summed E-state index contributed by atoms with van der Waals surface area (Å²) >= 11 is 0. The molecule has 0 saturated carbocycles. The van der Waals surface area contributed by atoms with Gasteiger partial charge in [0, 0.05) is 12.7 Å². The van der Waals surface area contributed by atoms with Gasteiger partial charge < -0.3 is 9.13 Å². The minimum Gasteiger partial charge on any atom is -0.310 e. The summed E-state index contributed by atoms with van der Waals surface area (Å²) in [7, 11) is 0. The number of imidazole rings is 1. The lowest BCUT2D eigenvalue weighted by Gasteiger charge is -2.11. The van der Waals surface area contributed by atoms with E-state index in [9.17, 15) is 22.8 Å². The maximum absolute atomic E-state index is 12.8. The predicted molar refractivity (Wildman–Crippen MR) is 94.4 cm³/mol. The number of para-hydroxylation sites is 2. The maximum Gasteiger partial charge on any atom is 0.421 e. The van der Waals surface area contributed by atoms with E-state index in [0.29, 0.717) is 24.1 Å². The summed E-state index contributed by atoms with van der Waals surface area (Å²) in [5.74, 6) is -0.341. The van der Waals surface area contributed by atoms with E-state index in [1.807, 2.05) is 29.7 Å². The van der Waals surface area contributed by atoms with Crippen molar-refractivity contribution in [3.05, 3.63) is 58.5 Å². The Kier molecular flexibility index (Phi) is 5.02. The second-order valence-corrected chi connectivity index (χ2v) is 5.98. The third kappa shape index (κ3) is 3.86. The zero-order valence-corrected chi connectivity index (χ0v) is 14.5. The number of anilines is 1. The van der Waals surface area contributed by atoms with Crippen LogP contribution >= 0.6 is 0 Å². The summed E-state index contributed by atoms with van der Waals surface area (Å²) in [6.07, 6.45) is -2.83. The van der Waals surface area contributed by atoms with E-state index in [2.05, 4.69) is 10.3 Å². The fourth-order valence-electron chi connectivity index (χ4n) is 2.82. The minimum atomic E-state index is -4.77. The van der Waals surface area contributed by atoms with E-state index in [0.717, 1.165) is 28.8 Å². The zero-order valence-electron chi connectivity index (χ0n) is 14.5. The molecule has 0 bridgehead atoms. The lowest BCUT2D eigenvalue weighted by Crippen LogP contribution is -2.32. The standard InChI is InChI=1S/C18H17F3N4O2/c1-2-9-25-14-8-4-3-7-13(14)22-17(25)23-15(26)11-24-10-5-6-12(16(24)27)18(19,20)21/h3-8,10H,2,9,11H2,1H3,(H,22,23,26). The van der Waals surface area contributed by atoms with Gasteiger partial charge in [0.15, 0.2) is 0 Å². The van der Waals surface area contributed by atoms with Gasteiger partial charge >= 0.3 is 6.18 Å². The molecule has 2 heterocycles. The van der Waals surface area contributed by atoms with Crippen molar-refractivity contribution in [2.75, 3.05) is 5.32 Å². The summed E-state index contributed by atoms with van der Waals surface area (Å²) in [6.45, 7) is 2.04. The number of nitrogens with zero attached hydrogens (tertiary/aromatic N) is 3. The number of halogens is 3. The van der Waals surface area contributed by atoms with Crippen LogP contribution in [0.5, 0.6) is 0 Å². The number of alkyl halides is 3. The Morgan fingerprint density at radius 1 is 1.19 bits per heavy atom. The van der Waals surface area contributed by atoms with E-state index in [-0.39, 0.29) is 0 Å². The summed E-state index contributed by atoms with van der Waals surface area (Å²) in [5.41, 5.74) is -1.04. The van der Waals surface area contributed by atoms with Crippen LogP contribution in [0.1, 0.15) is 18.9 Å². The number of nitrogens with one attached hydrogen (secondary N) is 1. The monoisotopic (exact) mass is 378 g/mol. The number of hydrogen-bond acceptors (Lipinski definition) is 3. The summed E-state index contributed by atoms with van der Waals surface area (Å²) < 4.78 is 41.1. The summed E-state index contributed by atoms with van der Waals surface area (Å²) in [5, 5.41) is 2.59. The Balaban J connectivity index is 1.86. The van der Waals surface area contributed by atoms with Gasteiger partial charge in [0.1, 0.15) is 12.1 Å². The first kappa shape index (κ1) is 18.7. The Morgan fingerprint density at radius 3 is 2.63 bits per heavy atom. The van der Waals surface area contributed by atoms with Crippen molar-refractivity contribution < 1.29 is 18.0 Å². The molecule has 1 aromatic carbocycles. The van der Waals surface area contributed by atoms with Gasteiger partial charge in [0.25, 0.3) is 5.56 Å². The van der Waals surface area contributed by atoms with Gasteiger partial charge in [0.05, 0.1) is 11.0 Å². The smallest absolute Gasteiger partial charge is 0.310 e. The number of aromatic nitrogens is 3. The number of fused-ring (bicyclic) bond motifs is 1. The lowest BCUT2D eigenvalue weighted by atomic mass is 10.2. The molecule has 0 spiro atoms. The van der Waals surface area contributed by atoms with Gasteiger partial charge in [-0.1, -0.05) is 19.1 Å². The molecule has 142 valence electrons. The molecule has 1 amide bonds. The van der Waals surface area contributed by atoms with Gasteiger partial charge in [-0.25, -0.2) is 4.98 Å². The third-order valence-corrected chi connectivity index (χ3v) is 3.99. The van der Waals surface area contributed by atoms with Crippen molar-refractivity contribution in [2.24, 2.45) is 0 Å². The molecule has 2 aromatic heterocycles. The molecule has 9 heteroatoms. The minimum absolute atomic E-state index is 0.295. The molecule has 0 aliphatic carbocycles. The van der Waals surface area contributed by atoms with Gasteiger partial charge in [-0.2, -0.15) is 13.2 Å². The van der Waals surface area contributed by atoms with Crippen molar-refractivity contribution in [2.45, 2.75) is 32.6 Å². The highest BCUT2D eigenvalue weighted by atomic mass is 19.4. The van der Waals surface area contributed by atoms with Gasteiger partial charge in [-0.15, -0.1) is 0 Å². The molecule has 0 unspecified atom stereocenters. The highest BCUT2D eigenvalue weighted by Crippen LogP contribution is 2.26. The van der Waals surface area contributed by atoms with E-state index in [1.54, 1.807) is 6.07 Å². The Morgan fingerprint density at radius 2 is 1.93 bits per heavy atom. The fourth-order valence-corrected chi connectivity index (χ4v) is 2.82. The van der Waals surface area contributed by atoms with E-state index in [4.69, 9.17) is 0 Å². The van der Waals surface area contributed by atoms with Crippen molar-refractivity contribution in [3.63, 3.8) is 0 Å². The Bertz CT molecular complexity index is 1040. The molecule has 0 atom stereocenters. The molecule has 0 fully saturated rings. The van der Waals surface area contributed by atoms with Crippen molar-refractivity contribution >= 4 is 22.9 Å². The van der Waals surface area contributed by atoms with Crippen LogP contribution in [0.25, 0.3) is 11.0 Å². The molecule has 0 radical (unpaired) electrons. The first-order valence-corrected chi connectivity index (χ1v) is 8.33. The molecule has 0 aliphatic heterocycles. The average Bonchev–Trinajstić information content (AvgIpc) is 2.93. The second-order valence-electron chi connectivity index (χ2n) is 5.98. The molecule has 27 heavy (non-hydrogen) atoms. The molecule has 3 aromatic rings. The molecule has 3 rings (SSSR count). The van der Waals surface area contributed by atoms with Crippen LogP contribution < -0.4 is 10.9 Å². The number of amides is 1. The topological polar surface area (TPSA) is 68.9 Å². The predicted octanol–water partition coefficient (Wildman–Crippen LogP) is 3.27. The molecule has 0 saturated heterocycles. The fraction of sp³-hybridized carbons (Fsp3) is 0.278. The van der Waals surface area contributed by atoms with Crippen LogP contribution in [0.2, 0.25) is 0 Å². The number of carbonyl (C=O) groups is 1. The SMILES string of the molecule is CCCn1c(NC(=O)Cn2cccc(C(F)(F)F)c2=O)nc2ccccc21. The van der Waals surface area contributed by atoms with E-state index >= 15 is 0 Å².